The molecule has 0 saturated carbocycles. The lowest BCUT2D eigenvalue weighted by molar-refractivity contribution is -0.122. The zero-order valence-electron chi connectivity index (χ0n) is 19.6. The molecule has 8 heteroatoms. The maximum atomic E-state index is 14.3. The molecular formula is C26H27ClFN3O3. The number of nitrogens with zero attached hydrogens (tertiary/aromatic N) is 2. The molecule has 6 nitrogen and oxygen atoms in total. The first-order valence-electron chi connectivity index (χ1n) is 11.3. The van der Waals surface area contributed by atoms with Crippen LogP contribution in [0.1, 0.15) is 57.6 Å². The Bertz CT molecular complexity index is 1220. The average Bonchev–Trinajstić information content (AvgIpc) is 2.75. The van der Waals surface area contributed by atoms with E-state index in [-0.39, 0.29) is 22.7 Å². The van der Waals surface area contributed by atoms with E-state index in [1.807, 2.05) is 12.1 Å². The minimum atomic E-state index is -1.00. The fraction of sp³-hybridized carbons (Fsp3) is 0.346. The number of benzene rings is 2. The van der Waals surface area contributed by atoms with Crippen molar-refractivity contribution in [2.45, 2.75) is 52.0 Å². The second-order valence-electron chi connectivity index (χ2n) is 9.41. The van der Waals surface area contributed by atoms with E-state index in [1.165, 1.54) is 24.3 Å². The molecule has 1 saturated heterocycles. The van der Waals surface area contributed by atoms with Crippen molar-refractivity contribution in [3.05, 3.63) is 63.9 Å². The maximum Gasteiger partial charge on any atom is 0.336 e. The molecule has 34 heavy (non-hydrogen) atoms. The van der Waals surface area contributed by atoms with Crippen LogP contribution in [0.5, 0.6) is 0 Å². The van der Waals surface area contributed by atoms with Crippen molar-refractivity contribution >= 4 is 46.9 Å². The van der Waals surface area contributed by atoms with Crippen LogP contribution in [0.3, 0.4) is 0 Å². The standard InChI is InChI=1S/C26H27ClFN3O3/c1-5-10-30-22-13-19(27)16(11-17(22)15(2)14-26(30,3)4)12-18-23(32)29-25(34)31(24(18)33)21-9-7-6-8-20(21)28/h6-9,11-13,15H,5,10,14H2,1-4H3,(H,29,32,34)/b18-12-. The number of para-hydroxylation sites is 1. The van der Waals surface area contributed by atoms with Gasteiger partial charge in [-0.2, -0.15) is 0 Å². The summed E-state index contributed by atoms with van der Waals surface area (Å²) in [6, 6.07) is 8.17. The molecule has 4 rings (SSSR count). The van der Waals surface area contributed by atoms with E-state index in [0.29, 0.717) is 15.5 Å². The number of carbonyl (C=O) groups excluding carboxylic acids is 3. The molecule has 2 aromatic carbocycles. The molecular weight excluding hydrogens is 457 g/mol. The second-order valence-corrected chi connectivity index (χ2v) is 9.82. The summed E-state index contributed by atoms with van der Waals surface area (Å²) in [4.78, 5) is 41.1. The highest BCUT2D eigenvalue weighted by atomic mass is 35.5. The van der Waals surface area contributed by atoms with E-state index in [4.69, 9.17) is 11.6 Å². The molecule has 4 amide bonds. The van der Waals surface area contributed by atoms with Crippen molar-refractivity contribution in [1.29, 1.82) is 0 Å². The van der Waals surface area contributed by atoms with Gasteiger partial charge in [-0.05, 0) is 74.1 Å². The SMILES string of the molecule is CCCN1c2cc(Cl)c(/C=C3/C(=O)NC(=O)N(c4ccccc4F)C3=O)cc2C(C)CC1(C)C. The molecule has 1 unspecified atom stereocenters. The molecule has 1 N–H and O–H groups in total. The Balaban J connectivity index is 1.79. The van der Waals surface area contributed by atoms with Gasteiger partial charge in [0.25, 0.3) is 11.8 Å². The van der Waals surface area contributed by atoms with Crippen LogP contribution < -0.4 is 15.1 Å². The molecule has 0 aromatic heterocycles. The first-order chi connectivity index (χ1) is 16.0. The summed E-state index contributed by atoms with van der Waals surface area (Å²) >= 11 is 6.63. The molecule has 1 fully saturated rings. The number of anilines is 2. The minimum Gasteiger partial charge on any atom is -0.366 e. The third kappa shape index (κ3) is 4.09. The molecule has 1 atom stereocenters. The highest BCUT2D eigenvalue weighted by Gasteiger charge is 2.39. The number of nitrogens with one attached hydrogen (secondary N) is 1. The van der Waals surface area contributed by atoms with Crippen LogP contribution in [0.2, 0.25) is 5.02 Å². The van der Waals surface area contributed by atoms with Gasteiger partial charge in [-0.3, -0.25) is 14.9 Å². The lowest BCUT2D eigenvalue weighted by atomic mass is 9.79. The van der Waals surface area contributed by atoms with E-state index in [1.54, 1.807) is 0 Å². The smallest absolute Gasteiger partial charge is 0.336 e. The quantitative estimate of drug-likeness (QED) is 0.451. The van der Waals surface area contributed by atoms with Crippen molar-refractivity contribution in [2.75, 3.05) is 16.3 Å². The van der Waals surface area contributed by atoms with Crippen LogP contribution in [-0.2, 0) is 9.59 Å². The van der Waals surface area contributed by atoms with Gasteiger partial charge in [0.1, 0.15) is 11.4 Å². The van der Waals surface area contributed by atoms with E-state index in [9.17, 15) is 18.8 Å². The van der Waals surface area contributed by atoms with Gasteiger partial charge in [0.05, 0.1) is 5.69 Å². The van der Waals surface area contributed by atoms with Gasteiger partial charge in [0.15, 0.2) is 0 Å². The topological polar surface area (TPSA) is 69.7 Å². The summed E-state index contributed by atoms with van der Waals surface area (Å²) in [6.07, 6.45) is 3.29. The molecule has 0 bridgehead atoms. The fourth-order valence-electron chi connectivity index (χ4n) is 4.94. The Morgan fingerprint density at radius 3 is 2.56 bits per heavy atom. The molecule has 0 radical (unpaired) electrons. The predicted octanol–water partition coefficient (Wildman–Crippen LogP) is 5.65. The normalized spacial score (nSPS) is 21.1. The fourth-order valence-corrected chi connectivity index (χ4v) is 5.16. The lowest BCUT2D eigenvalue weighted by Crippen LogP contribution is -2.54. The van der Waals surface area contributed by atoms with Gasteiger partial charge in [-0.15, -0.1) is 0 Å². The molecule has 2 heterocycles. The first kappa shape index (κ1) is 24.0. The van der Waals surface area contributed by atoms with Crippen molar-refractivity contribution in [1.82, 2.24) is 5.32 Å². The molecule has 178 valence electrons. The van der Waals surface area contributed by atoms with Crippen LogP contribution in [0, 0.1) is 5.82 Å². The Hall–Kier alpha value is -3.19. The monoisotopic (exact) mass is 483 g/mol. The van der Waals surface area contributed by atoms with Crippen LogP contribution in [0.15, 0.2) is 42.0 Å². The number of imide groups is 2. The largest absolute Gasteiger partial charge is 0.366 e. The van der Waals surface area contributed by atoms with Crippen LogP contribution in [-0.4, -0.2) is 29.9 Å². The number of urea groups is 1. The first-order valence-corrected chi connectivity index (χ1v) is 11.7. The molecule has 2 aliphatic heterocycles. The van der Waals surface area contributed by atoms with Crippen molar-refractivity contribution in [3.8, 4) is 0 Å². The zero-order chi connectivity index (χ0) is 24.8. The number of halogens is 2. The van der Waals surface area contributed by atoms with Crippen molar-refractivity contribution in [3.63, 3.8) is 0 Å². The zero-order valence-corrected chi connectivity index (χ0v) is 20.4. The van der Waals surface area contributed by atoms with Crippen molar-refractivity contribution < 1.29 is 18.8 Å². The van der Waals surface area contributed by atoms with E-state index in [2.05, 4.69) is 37.9 Å². The van der Waals surface area contributed by atoms with E-state index >= 15 is 0 Å². The third-order valence-corrected chi connectivity index (χ3v) is 6.77. The Morgan fingerprint density at radius 2 is 1.88 bits per heavy atom. The summed E-state index contributed by atoms with van der Waals surface area (Å²) < 4.78 is 14.3. The summed E-state index contributed by atoms with van der Waals surface area (Å²) in [5.74, 6) is -2.27. The highest BCUT2D eigenvalue weighted by Crippen LogP contribution is 2.45. The van der Waals surface area contributed by atoms with Gasteiger partial charge in [-0.1, -0.05) is 37.6 Å². The average molecular weight is 484 g/mol. The maximum absolute atomic E-state index is 14.3. The van der Waals surface area contributed by atoms with E-state index < -0.39 is 23.7 Å². The molecule has 2 aliphatic rings. The number of fused-ring (bicyclic) bond motifs is 1. The van der Waals surface area contributed by atoms with Gasteiger partial charge in [-0.25, -0.2) is 14.1 Å². The van der Waals surface area contributed by atoms with Gasteiger partial charge < -0.3 is 4.90 Å². The molecule has 0 aliphatic carbocycles. The number of hydrogen-bond acceptors (Lipinski definition) is 4. The number of carbonyl (C=O) groups is 3. The molecule has 0 spiro atoms. The highest BCUT2D eigenvalue weighted by molar-refractivity contribution is 6.40. The van der Waals surface area contributed by atoms with Crippen LogP contribution >= 0.6 is 11.6 Å². The molecule has 2 aromatic rings. The second kappa shape index (κ2) is 8.87. The third-order valence-electron chi connectivity index (χ3n) is 6.45. The van der Waals surface area contributed by atoms with Crippen LogP contribution in [0.4, 0.5) is 20.6 Å². The van der Waals surface area contributed by atoms with Gasteiger partial charge in [0.2, 0.25) is 0 Å². The Kier molecular flexibility index (Phi) is 6.25. The summed E-state index contributed by atoms with van der Waals surface area (Å²) in [6.45, 7) is 9.58. The minimum absolute atomic E-state index is 0.0361. The Labute approximate surface area is 203 Å². The van der Waals surface area contributed by atoms with E-state index in [0.717, 1.165) is 36.7 Å². The van der Waals surface area contributed by atoms with Gasteiger partial charge in [0, 0.05) is 22.8 Å². The summed E-state index contributed by atoms with van der Waals surface area (Å²) in [7, 11) is 0. The predicted molar refractivity (Wildman–Crippen MR) is 132 cm³/mol. The number of barbiturate groups is 1. The number of amides is 4. The van der Waals surface area contributed by atoms with Crippen molar-refractivity contribution in [2.24, 2.45) is 0 Å². The summed E-state index contributed by atoms with van der Waals surface area (Å²) in [5, 5.41) is 2.50. The lowest BCUT2D eigenvalue weighted by Gasteiger charge is -2.47. The number of hydrogen-bond donors (Lipinski definition) is 1. The van der Waals surface area contributed by atoms with Gasteiger partial charge >= 0.3 is 6.03 Å². The Morgan fingerprint density at radius 1 is 1.18 bits per heavy atom. The summed E-state index contributed by atoms with van der Waals surface area (Å²) in [5.41, 5.74) is 2.05. The number of rotatable bonds is 4. The van der Waals surface area contributed by atoms with Crippen LogP contribution in [0.25, 0.3) is 6.08 Å².